The minimum absolute atomic E-state index is 0.234. The molecule has 0 fully saturated rings. The first kappa shape index (κ1) is 15.1. The van der Waals surface area contributed by atoms with Crippen molar-refractivity contribution < 1.29 is 9.59 Å². The molecule has 2 amide bonds. The Labute approximate surface area is 113 Å². The number of pyridine rings is 1. The van der Waals surface area contributed by atoms with Gasteiger partial charge in [0, 0.05) is 22.4 Å². The molecule has 0 spiro atoms. The van der Waals surface area contributed by atoms with Gasteiger partial charge < -0.3 is 0 Å². The van der Waals surface area contributed by atoms with Crippen molar-refractivity contribution in [2.24, 2.45) is 5.41 Å². The Bertz CT molecular complexity index is 490. The number of nitrogens with one attached hydrogen (secondary N) is 2. The van der Waals surface area contributed by atoms with Crippen LogP contribution in [-0.2, 0) is 11.2 Å². The Morgan fingerprint density at radius 2 is 1.84 bits per heavy atom. The van der Waals surface area contributed by atoms with Gasteiger partial charge in [0.15, 0.2) is 0 Å². The molecule has 0 aromatic carbocycles. The quantitative estimate of drug-likeness (QED) is 0.799. The maximum atomic E-state index is 11.9. The second-order valence-electron chi connectivity index (χ2n) is 5.50. The molecule has 1 aromatic heterocycles. The number of nitrogens with zero attached hydrogens (tertiary/aromatic N) is 1. The average Bonchev–Trinajstić information content (AvgIpc) is 2.33. The second kappa shape index (κ2) is 5.82. The summed E-state index contributed by atoms with van der Waals surface area (Å²) in [7, 11) is 0. The molecule has 5 heteroatoms. The summed E-state index contributed by atoms with van der Waals surface area (Å²) in [5.74, 6) is -0.569. The van der Waals surface area contributed by atoms with Gasteiger partial charge >= 0.3 is 0 Å². The highest BCUT2D eigenvalue weighted by Gasteiger charge is 2.21. The molecule has 19 heavy (non-hydrogen) atoms. The maximum absolute atomic E-state index is 11.9. The van der Waals surface area contributed by atoms with E-state index in [9.17, 15) is 9.59 Å². The maximum Gasteiger partial charge on any atom is 0.269 e. The number of amides is 2. The molecule has 0 aliphatic rings. The SMILES string of the molecule is CCc1cc(C(=O)NNC(=O)C(C)(C)C)cc(C)n1. The summed E-state index contributed by atoms with van der Waals surface area (Å²) >= 11 is 0. The summed E-state index contributed by atoms with van der Waals surface area (Å²) in [6.45, 7) is 9.15. The van der Waals surface area contributed by atoms with Crippen LogP contribution in [0.1, 0.15) is 49.4 Å². The van der Waals surface area contributed by atoms with Crippen molar-refractivity contribution in [1.82, 2.24) is 15.8 Å². The van der Waals surface area contributed by atoms with E-state index in [0.29, 0.717) is 5.56 Å². The molecule has 0 saturated heterocycles. The van der Waals surface area contributed by atoms with Crippen molar-refractivity contribution in [2.45, 2.75) is 41.0 Å². The van der Waals surface area contributed by atoms with Crippen molar-refractivity contribution in [3.8, 4) is 0 Å². The van der Waals surface area contributed by atoms with Gasteiger partial charge in [-0.3, -0.25) is 25.4 Å². The van der Waals surface area contributed by atoms with Crippen LogP contribution in [0.5, 0.6) is 0 Å². The van der Waals surface area contributed by atoms with E-state index in [1.165, 1.54) is 0 Å². The van der Waals surface area contributed by atoms with Crippen molar-refractivity contribution in [1.29, 1.82) is 0 Å². The molecule has 0 unspecified atom stereocenters. The van der Waals surface area contributed by atoms with E-state index in [4.69, 9.17) is 0 Å². The first-order chi connectivity index (χ1) is 8.74. The Morgan fingerprint density at radius 1 is 1.21 bits per heavy atom. The van der Waals surface area contributed by atoms with Crippen molar-refractivity contribution in [2.75, 3.05) is 0 Å². The molecule has 0 aliphatic carbocycles. The van der Waals surface area contributed by atoms with Crippen LogP contribution >= 0.6 is 0 Å². The molecule has 5 nitrogen and oxygen atoms in total. The molecule has 0 saturated carbocycles. The summed E-state index contributed by atoms with van der Waals surface area (Å²) in [6, 6.07) is 3.42. The molecule has 104 valence electrons. The lowest BCUT2D eigenvalue weighted by Crippen LogP contribution is -2.46. The predicted molar refractivity (Wildman–Crippen MR) is 73.4 cm³/mol. The number of carbonyl (C=O) groups is 2. The number of rotatable bonds is 2. The number of aryl methyl sites for hydroxylation is 2. The third-order valence-electron chi connectivity index (χ3n) is 2.60. The van der Waals surface area contributed by atoms with E-state index < -0.39 is 5.41 Å². The summed E-state index contributed by atoms with van der Waals surface area (Å²) in [4.78, 5) is 27.9. The van der Waals surface area contributed by atoms with Gasteiger partial charge in [-0.1, -0.05) is 27.7 Å². The third kappa shape index (κ3) is 4.35. The molecule has 0 bridgehead atoms. The Morgan fingerprint density at radius 3 is 2.37 bits per heavy atom. The molecule has 0 radical (unpaired) electrons. The minimum atomic E-state index is -0.546. The molecule has 1 rings (SSSR count). The Balaban J connectivity index is 2.74. The van der Waals surface area contributed by atoms with E-state index in [-0.39, 0.29) is 11.8 Å². The van der Waals surface area contributed by atoms with Gasteiger partial charge in [-0.15, -0.1) is 0 Å². The summed E-state index contributed by atoms with van der Waals surface area (Å²) < 4.78 is 0. The molecule has 0 atom stereocenters. The summed E-state index contributed by atoms with van der Waals surface area (Å²) in [6.07, 6.45) is 0.760. The van der Waals surface area contributed by atoms with Crippen LogP contribution in [0.3, 0.4) is 0 Å². The van der Waals surface area contributed by atoms with Gasteiger partial charge in [-0.2, -0.15) is 0 Å². The number of aromatic nitrogens is 1. The van der Waals surface area contributed by atoms with Crippen molar-refractivity contribution >= 4 is 11.8 Å². The fraction of sp³-hybridized carbons (Fsp3) is 0.500. The van der Waals surface area contributed by atoms with Gasteiger partial charge in [-0.05, 0) is 25.5 Å². The molecule has 1 heterocycles. The highest BCUT2D eigenvalue weighted by molar-refractivity contribution is 5.96. The lowest BCUT2D eigenvalue weighted by molar-refractivity contribution is -0.129. The molecular weight excluding hydrogens is 242 g/mol. The molecule has 0 aliphatic heterocycles. The van der Waals surface area contributed by atoms with Crippen molar-refractivity contribution in [3.63, 3.8) is 0 Å². The zero-order valence-corrected chi connectivity index (χ0v) is 12.1. The summed E-state index contributed by atoms with van der Waals surface area (Å²) in [5, 5.41) is 0. The van der Waals surface area contributed by atoms with Crippen LogP contribution in [0.25, 0.3) is 0 Å². The van der Waals surface area contributed by atoms with E-state index >= 15 is 0 Å². The van der Waals surface area contributed by atoms with Crippen LogP contribution in [0, 0.1) is 12.3 Å². The number of hydrogen-bond donors (Lipinski definition) is 2. The molecular formula is C14H21N3O2. The zero-order chi connectivity index (χ0) is 14.6. The Kier molecular flexibility index (Phi) is 4.64. The largest absolute Gasteiger partial charge is 0.273 e. The minimum Gasteiger partial charge on any atom is -0.273 e. The number of hydrogen-bond acceptors (Lipinski definition) is 3. The van der Waals surface area contributed by atoms with Gasteiger partial charge in [-0.25, -0.2) is 0 Å². The zero-order valence-electron chi connectivity index (χ0n) is 12.1. The van der Waals surface area contributed by atoms with Gasteiger partial charge in [0.25, 0.3) is 5.91 Å². The van der Waals surface area contributed by atoms with Gasteiger partial charge in [0.1, 0.15) is 0 Å². The first-order valence-electron chi connectivity index (χ1n) is 6.32. The second-order valence-corrected chi connectivity index (χ2v) is 5.50. The van der Waals surface area contributed by atoms with Crippen molar-refractivity contribution in [3.05, 3.63) is 29.1 Å². The number of hydrazine groups is 1. The van der Waals surface area contributed by atoms with Crippen LogP contribution in [0.2, 0.25) is 0 Å². The van der Waals surface area contributed by atoms with Gasteiger partial charge in [0.05, 0.1) is 0 Å². The molecule has 1 aromatic rings. The predicted octanol–water partition coefficient (Wildman–Crippen LogP) is 1.76. The monoisotopic (exact) mass is 263 g/mol. The highest BCUT2D eigenvalue weighted by atomic mass is 16.2. The topological polar surface area (TPSA) is 71.1 Å². The van der Waals surface area contributed by atoms with Crippen LogP contribution in [-0.4, -0.2) is 16.8 Å². The van der Waals surface area contributed by atoms with E-state index in [1.54, 1.807) is 32.9 Å². The molecule has 2 N–H and O–H groups in total. The fourth-order valence-corrected chi connectivity index (χ4v) is 1.42. The van der Waals surface area contributed by atoms with E-state index in [1.807, 2.05) is 13.8 Å². The van der Waals surface area contributed by atoms with E-state index in [2.05, 4.69) is 15.8 Å². The summed E-state index contributed by atoms with van der Waals surface area (Å²) in [5.41, 5.74) is 6.43. The lowest BCUT2D eigenvalue weighted by Gasteiger charge is -2.18. The standard InChI is InChI=1S/C14H21N3O2/c1-6-11-8-10(7-9(2)15-11)12(18)16-17-13(19)14(3,4)5/h7-8H,6H2,1-5H3,(H,16,18)(H,17,19). The Hall–Kier alpha value is -1.91. The third-order valence-corrected chi connectivity index (χ3v) is 2.60. The average molecular weight is 263 g/mol. The van der Waals surface area contributed by atoms with Crippen LogP contribution in [0.4, 0.5) is 0 Å². The first-order valence-corrected chi connectivity index (χ1v) is 6.32. The van der Waals surface area contributed by atoms with Crippen LogP contribution < -0.4 is 10.9 Å². The lowest BCUT2D eigenvalue weighted by atomic mass is 9.96. The van der Waals surface area contributed by atoms with E-state index in [0.717, 1.165) is 17.8 Å². The number of carbonyl (C=O) groups excluding carboxylic acids is 2. The highest BCUT2D eigenvalue weighted by Crippen LogP contribution is 2.12. The fourth-order valence-electron chi connectivity index (χ4n) is 1.42. The smallest absolute Gasteiger partial charge is 0.269 e. The van der Waals surface area contributed by atoms with Crippen LogP contribution in [0.15, 0.2) is 12.1 Å². The van der Waals surface area contributed by atoms with Gasteiger partial charge in [0.2, 0.25) is 5.91 Å². The normalized spacial score (nSPS) is 11.0.